The van der Waals surface area contributed by atoms with Crippen LogP contribution in [-0.4, -0.2) is 57.9 Å². The van der Waals surface area contributed by atoms with E-state index in [4.69, 9.17) is 4.74 Å². The number of benzene rings is 1. The van der Waals surface area contributed by atoms with Crippen LogP contribution in [0.5, 0.6) is 0 Å². The maximum Gasteiger partial charge on any atom is 0.0826 e. The maximum absolute atomic E-state index is 5.76. The highest BCUT2D eigenvalue weighted by Crippen LogP contribution is 2.27. The van der Waals surface area contributed by atoms with Crippen LogP contribution in [0.4, 0.5) is 5.69 Å². The van der Waals surface area contributed by atoms with Crippen LogP contribution in [-0.2, 0) is 17.7 Å². The average molecular weight is 275 g/mol. The molecule has 20 heavy (non-hydrogen) atoms. The van der Waals surface area contributed by atoms with E-state index >= 15 is 0 Å². The molecule has 0 aliphatic carbocycles. The number of nitrogens with zero attached hydrogens (tertiary/aromatic N) is 2. The number of ether oxygens (including phenoxy) is 1. The van der Waals surface area contributed by atoms with E-state index in [2.05, 4.69) is 47.4 Å². The lowest BCUT2D eigenvalue weighted by molar-refractivity contribution is -0.0182. The van der Waals surface area contributed by atoms with Gasteiger partial charge in [-0.25, -0.2) is 0 Å². The summed E-state index contributed by atoms with van der Waals surface area (Å²) in [5.74, 6) is 0. The molecule has 3 rings (SSSR count). The fourth-order valence-corrected chi connectivity index (χ4v) is 3.10. The molecule has 0 amide bonds. The van der Waals surface area contributed by atoms with Crippen LogP contribution >= 0.6 is 0 Å². The fraction of sp³-hybridized carbons (Fsp3) is 0.625. The van der Waals surface area contributed by atoms with Gasteiger partial charge in [0.25, 0.3) is 0 Å². The van der Waals surface area contributed by atoms with Gasteiger partial charge in [0, 0.05) is 45.5 Å². The van der Waals surface area contributed by atoms with Crippen molar-refractivity contribution in [2.45, 2.75) is 19.1 Å². The second kappa shape index (κ2) is 6.12. The normalized spacial score (nSPS) is 23.1. The molecule has 1 aromatic rings. The van der Waals surface area contributed by atoms with E-state index in [0.717, 1.165) is 39.3 Å². The van der Waals surface area contributed by atoms with Gasteiger partial charge >= 0.3 is 0 Å². The lowest BCUT2D eigenvalue weighted by Gasteiger charge is -2.30. The summed E-state index contributed by atoms with van der Waals surface area (Å²) >= 11 is 0. The van der Waals surface area contributed by atoms with Gasteiger partial charge in [-0.1, -0.05) is 12.1 Å². The van der Waals surface area contributed by atoms with Crippen molar-refractivity contribution in [3.05, 3.63) is 29.3 Å². The Morgan fingerprint density at radius 1 is 1.30 bits per heavy atom. The molecule has 4 heteroatoms. The third kappa shape index (κ3) is 3.14. The molecule has 2 aliphatic rings. The van der Waals surface area contributed by atoms with Gasteiger partial charge < -0.3 is 19.9 Å². The lowest BCUT2D eigenvalue weighted by atomic mass is 10.1. The van der Waals surface area contributed by atoms with Gasteiger partial charge in [0.1, 0.15) is 0 Å². The minimum Gasteiger partial charge on any atom is -0.374 e. The number of anilines is 1. The molecule has 1 N–H and O–H groups in total. The van der Waals surface area contributed by atoms with E-state index < -0.39 is 0 Å². The molecule has 1 aromatic carbocycles. The van der Waals surface area contributed by atoms with Crippen molar-refractivity contribution in [1.29, 1.82) is 0 Å². The van der Waals surface area contributed by atoms with Gasteiger partial charge in [-0.05, 0) is 30.7 Å². The van der Waals surface area contributed by atoms with Crippen LogP contribution in [0.25, 0.3) is 0 Å². The Morgan fingerprint density at radius 3 is 3.05 bits per heavy atom. The Kier molecular flexibility index (Phi) is 4.24. The molecule has 1 saturated heterocycles. The van der Waals surface area contributed by atoms with Crippen molar-refractivity contribution in [2.75, 3.05) is 51.8 Å². The van der Waals surface area contributed by atoms with Gasteiger partial charge in [0.05, 0.1) is 12.7 Å². The van der Waals surface area contributed by atoms with Gasteiger partial charge in [0.2, 0.25) is 0 Å². The Morgan fingerprint density at radius 2 is 2.20 bits per heavy atom. The second-order valence-electron chi connectivity index (χ2n) is 6.02. The molecule has 4 nitrogen and oxygen atoms in total. The summed E-state index contributed by atoms with van der Waals surface area (Å²) in [6.07, 6.45) is 1.50. The van der Waals surface area contributed by atoms with Crippen LogP contribution in [0.3, 0.4) is 0 Å². The van der Waals surface area contributed by atoms with Crippen LogP contribution in [0, 0.1) is 0 Å². The Labute approximate surface area is 121 Å². The molecule has 110 valence electrons. The highest BCUT2D eigenvalue weighted by Gasteiger charge is 2.18. The van der Waals surface area contributed by atoms with Gasteiger partial charge in [-0.3, -0.25) is 0 Å². The minimum absolute atomic E-state index is 0.328. The van der Waals surface area contributed by atoms with Crippen LogP contribution < -0.4 is 10.2 Å². The molecule has 1 fully saturated rings. The molecular weight excluding hydrogens is 250 g/mol. The summed E-state index contributed by atoms with van der Waals surface area (Å²) in [4.78, 5) is 4.67. The summed E-state index contributed by atoms with van der Waals surface area (Å²) < 4.78 is 5.76. The first-order chi connectivity index (χ1) is 9.72. The molecule has 0 radical (unpaired) electrons. The van der Waals surface area contributed by atoms with Crippen LogP contribution in [0.15, 0.2) is 18.2 Å². The molecule has 2 heterocycles. The SMILES string of the molecule is CN1CCOC(CNCc2ccc3c(c2)CCN3C)C1. The molecule has 2 aliphatic heterocycles. The standard InChI is InChI=1S/C16H25N3O/c1-18-7-8-20-15(12-18)11-17-10-13-3-4-16-14(9-13)5-6-19(16)2/h3-4,9,15,17H,5-8,10-12H2,1-2H3. The number of rotatable bonds is 4. The fourth-order valence-electron chi connectivity index (χ4n) is 3.10. The van der Waals surface area contributed by atoms with Gasteiger partial charge in [-0.15, -0.1) is 0 Å². The van der Waals surface area contributed by atoms with Crippen molar-refractivity contribution in [3.63, 3.8) is 0 Å². The van der Waals surface area contributed by atoms with E-state index in [9.17, 15) is 0 Å². The number of likely N-dealkylation sites (N-methyl/N-ethyl adjacent to an activating group) is 2. The minimum atomic E-state index is 0.328. The monoisotopic (exact) mass is 275 g/mol. The molecule has 0 spiro atoms. The number of nitrogens with one attached hydrogen (secondary N) is 1. The summed E-state index contributed by atoms with van der Waals surface area (Å²) in [6.45, 7) is 5.95. The third-order valence-electron chi connectivity index (χ3n) is 4.31. The molecule has 0 bridgehead atoms. The topological polar surface area (TPSA) is 27.7 Å². The second-order valence-corrected chi connectivity index (χ2v) is 6.02. The summed E-state index contributed by atoms with van der Waals surface area (Å²) in [5, 5.41) is 3.53. The predicted octanol–water partition coefficient (Wildman–Crippen LogP) is 1.10. The molecule has 1 atom stereocenters. The quantitative estimate of drug-likeness (QED) is 0.890. The number of morpholine rings is 1. The predicted molar refractivity (Wildman–Crippen MR) is 82.4 cm³/mol. The molecule has 0 saturated carbocycles. The highest BCUT2D eigenvalue weighted by atomic mass is 16.5. The number of hydrogen-bond donors (Lipinski definition) is 1. The first kappa shape index (κ1) is 13.9. The first-order valence-electron chi connectivity index (χ1n) is 7.56. The van der Waals surface area contributed by atoms with Crippen molar-refractivity contribution in [2.24, 2.45) is 0 Å². The largest absolute Gasteiger partial charge is 0.374 e. The highest BCUT2D eigenvalue weighted by molar-refractivity contribution is 5.58. The van der Waals surface area contributed by atoms with E-state index in [1.807, 2.05) is 0 Å². The maximum atomic E-state index is 5.76. The van der Waals surface area contributed by atoms with Crippen LogP contribution in [0.1, 0.15) is 11.1 Å². The Bertz CT molecular complexity index is 463. The van der Waals surface area contributed by atoms with E-state index in [1.54, 1.807) is 0 Å². The zero-order chi connectivity index (χ0) is 13.9. The van der Waals surface area contributed by atoms with Crippen molar-refractivity contribution >= 4 is 5.69 Å². The lowest BCUT2D eigenvalue weighted by Crippen LogP contribution is -2.44. The average Bonchev–Trinajstić information content (AvgIpc) is 2.80. The van der Waals surface area contributed by atoms with Gasteiger partial charge in [-0.2, -0.15) is 0 Å². The molecular formula is C16H25N3O. The zero-order valence-electron chi connectivity index (χ0n) is 12.6. The van der Waals surface area contributed by atoms with Crippen LogP contribution in [0.2, 0.25) is 0 Å². The molecule has 0 aromatic heterocycles. The third-order valence-corrected chi connectivity index (χ3v) is 4.31. The summed E-state index contributed by atoms with van der Waals surface area (Å²) in [6, 6.07) is 6.84. The van der Waals surface area contributed by atoms with Crippen molar-refractivity contribution < 1.29 is 4.74 Å². The number of fused-ring (bicyclic) bond motifs is 1. The smallest absolute Gasteiger partial charge is 0.0826 e. The number of hydrogen-bond acceptors (Lipinski definition) is 4. The molecule has 1 unspecified atom stereocenters. The summed E-state index contributed by atoms with van der Waals surface area (Å²) in [7, 11) is 4.33. The first-order valence-corrected chi connectivity index (χ1v) is 7.56. The van der Waals surface area contributed by atoms with E-state index in [1.165, 1.54) is 23.2 Å². The Balaban J connectivity index is 1.49. The summed E-state index contributed by atoms with van der Waals surface area (Å²) in [5.41, 5.74) is 4.26. The van der Waals surface area contributed by atoms with Crippen molar-refractivity contribution in [3.8, 4) is 0 Å². The Hall–Kier alpha value is -1.10. The van der Waals surface area contributed by atoms with E-state index in [-0.39, 0.29) is 0 Å². The zero-order valence-corrected chi connectivity index (χ0v) is 12.6. The van der Waals surface area contributed by atoms with E-state index in [0.29, 0.717) is 6.10 Å². The van der Waals surface area contributed by atoms with Gasteiger partial charge in [0.15, 0.2) is 0 Å². The van der Waals surface area contributed by atoms with Crippen molar-refractivity contribution in [1.82, 2.24) is 10.2 Å².